The van der Waals surface area contributed by atoms with E-state index in [2.05, 4.69) is 0 Å². The first-order chi connectivity index (χ1) is 8.79. The van der Waals surface area contributed by atoms with E-state index in [1.807, 2.05) is 12.1 Å². The minimum absolute atomic E-state index is 0.0712. The largest absolute Gasteiger partial charge is 0.497 e. The topological polar surface area (TPSA) is 9.23 Å². The van der Waals surface area contributed by atoms with E-state index in [1.165, 1.54) is 38.5 Å². The van der Waals surface area contributed by atoms with Crippen molar-refractivity contribution in [1.29, 1.82) is 0 Å². The summed E-state index contributed by atoms with van der Waals surface area (Å²) in [6.07, 6.45) is 7.81. The molecule has 0 amide bonds. The second kappa shape index (κ2) is 4.91. The van der Waals surface area contributed by atoms with Crippen molar-refractivity contribution >= 4 is 0 Å². The van der Waals surface area contributed by atoms with Gasteiger partial charge in [0.2, 0.25) is 0 Å². The number of ether oxygens (including phenoxy) is 1. The lowest BCUT2D eigenvalue weighted by molar-refractivity contribution is 0.146. The number of halogens is 1. The molecule has 0 aromatic heterocycles. The highest BCUT2D eigenvalue weighted by Gasteiger charge is 2.38. The number of hydrogen-bond acceptors (Lipinski definition) is 1. The van der Waals surface area contributed by atoms with Gasteiger partial charge in [0.05, 0.1) is 7.11 Å². The van der Waals surface area contributed by atoms with Crippen LogP contribution in [0.2, 0.25) is 0 Å². The average Bonchev–Trinajstić information content (AvgIpc) is 2.37. The van der Waals surface area contributed by atoms with E-state index in [1.54, 1.807) is 13.2 Å². The van der Waals surface area contributed by atoms with E-state index in [0.29, 0.717) is 23.5 Å². The van der Waals surface area contributed by atoms with Crippen LogP contribution in [-0.2, 0) is 0 Å². The number of fused-ring (bicyclic) bond motifs is 2. The first kappa shape index (κ1) is 12.0. The Morgan fingerprint density at radius 2 is 1.67 bits per heavy atom. The van der Waals surface area contributed by atoms with Crippen molar-refractivity contribution in [2.75, 3.05) is 7.11 Å². The molecule has 0 heterocycles. The van der Waals surface area contributed by atoms with Crippen LogP contribution in [0.3, 0.4) is 0 Å². The molecule has 0 unspecified atom stereocenters. The number of benzene rings is 1. The zero-order valence-electron chi connectivity index (χ0n) is 11.0. The van der Waals surface area contributed by atoms with Crippen LogP contribution in [-0.4, -0.2) is 7.11 Å². The smallest absolute Gasteiger partial charge is 0.130 e. The lowest BCUT2D eigenvalue weighted by Crippen LogP contribution is -2.31. The van der Waals surface area contributed by atoms with E-state index < -0.39 is 0 Å². The van der Waals surface area contributed by atoms with E-state index >= 15 is 0 Å². The molecular weight excluding hydrogens is 227 g/mol. The van der Waals surface area contributed by atoms with Crippen molar-refractivity contribution in [3.05, 3.63) is 29.6 Å². The van der Waals surface area contributed by atoms with Crippen LogP contribution in [0.25, 0.3) is 0 Å². The Morgan fingerprint density at radius 1 is 1.06 bits per heavy atom. The van der Waals surface area contributed by atoms with Crippen molar-refractivity contribution < 1.29 is 9.13 Å². The second-order valence-corrected chi connectivity index (χ2v) is 5.80. The highest BCUT2D eigenvalue weighted by atomic mass is 19.1. The Kier molecular flexibility index (Phi) is 3.27. The number of rotatable bonds is 2. The molecule has 2 aliphatic carbocycles. The molecule has 1 aromatic rings. The summed E-state index contributed by atoms with van der Waals surface area (Å²) in [7, 11) is 1.59. The molecule has 2 fully saturated rings. The summed E-state index contributed by atoms with van der Waals surface area (Å²) in [5, 5.41) is 0. The quantitative estimate of drug-likeness (QED) is 0.747. The number of hydrogen-bond donors (Lipinski definition) is 0. The zero-order valence-corrected chi connectivity index (χ0v) is 11.0. The summed E-state index contributed by atoms with van der Waals surface area (Å²) >= 11 is 0. The van der Waals surface area contributed by atoms with Crippen LogP contribution in [0.4, 0.5) is 4.39 Å². The maximum Gasteiger partial charge on any atom is 0.130 e. The van der Waals surface area contributed by atoms with Crippen LogP contribution in [0.15, 0.2) is 18.2 Å². The van der Waals surface area contributed by atoms with E-state index in [9.17, 15) is 4.39 Å². The summed E-state index contributed by atoms with van der Waals surface area (Å²) in [4.78, 5) is 0. The molecule has 0 N–H and O–H groups in total. The molecule has 1 nitrogen and oxygen atoms in total. The molecule has 2 aliphatic rings. The molecule has 0 atom stereocenters. The van der Waals surface area contributed by atoms with Crippen molar-refractivity contribution in [2.45, 2.75) is 44.4 Å². The van der Waals surface area contributed by atoms with Crippen molar-refractivity contribution in [2.24, 2.45) is 11.8 Å². The van der Waals surface area contributed by atoms with Gasteiger partial charge in [0, 0.05) is 6.07 Å². The first-order valence-electron chi connectivity index (χ1n) is 7.13. The Morgan fingerprint density at radius 3 is 2.17 bits per heavy atom. The van der Waals surface area contributed by atoms with E-state index in [4.69, 9.17) is 4.74 Å². The van der Waals surface area contributed by atoms with Crippen LogP contribution in [0.1, 0.15) is 50.0 Å². The van der Waals surface area contributed by atoms with Crippen LogP contribution < -0.4 is 4.74 Å². The van der Waals surface area contributed by atoms with Crippen molar-refractivity contribution in [3.8, 4) is 5.75 Å². The average molecular weight is 248 g/mol. The Labute approximate surface area is 108 Å². The molecule has 18 heavy (non-hydrogen) atoms. The van der Waals surface area contributed by atoms with Gasteiger partial charge in [-0.1, -0.05) is 18.9 Å². The lowest BCUT2D eigenvalue weighted by Gasteiger charge is -2.43. The van der Waals surface area contributed by atoms with Crippen molar-refractivity contribution in [1.82, 2.24) is 0 Å². The molecule has 2 saturated carbocycles. The summed E-state index contributed by atoms with van der Waals surface area (Å²) < 4.78 is 19.3. The summed E-state index contributed by atoms with van der Waals surface area (Å²) in [6.45, 7) is 0. The molecular formula is C16H21FO. The maximum atomic E-state index is 14.2. The van der Waals surface area contributed by atoms with Gasteiger partial charge in [-0.3, -0.25) is 0 Å². The monoisotopic (exact) mass is 248 g/mol. The van der Waals surface area contributed by atoms with Crippen LogP contribution >= 0.6 is 0 Å². The third-order valence-electron chi connectivity index (χ3n) is 4.88. The predicted molar refractivity (Wildman–Crippen MR) is 70.4 cm³/mol. The third-order valence-corrected chi connectivity index (χ3v) is 4.88. The fourth-order valence-corrected chi connectivity index (χ4v) is 4.09. The third kappa shape index (κ3) is 2.02. The molecule has 0 spiro atoms. The van der Waals surface area contributed by atoms with Gasteiger partial charge in [0.1, 0.15) is 11.6 Å². The summed E-state index contributed by atoms with van der Waals surface area (Å²) in [5.41, 5.74) is 0.935. The van der Waals surface area contributed by atoms with Gasteiger partial charge in [0.25, 0.3) is 0 Å². The molecule has 2 heteroatoms. The van der Waals surface area contributed by atoms with Gasteiger partial charge in [-0.15, -0.1) is 0 Å². The van der Waals surface area contributed by atoms with Gasteiger partial charge in [0.15, 0.2) is 0 Å². The normalized spacial score (nSPS) is 31.1. The van der Waals surface area contributed by atoms with Gasteiger partial charge in [-0.05, 0) is 55.1 Å². The van der Waals surface area contributed by atoms with Gasteiger partial charge >= 0.3 is 0 Å². The lowest BCUT2D eigenvalue weighted by atomic mass is 9.62. The van der Waals surface area contributed by atoms with Crippen LogP contribution in [0.5, 0.6) is 5.75 Å². The van der Waals surface area contributed by atoms with Crippen LogP contribution in [0, 0.1) is 17.7 Å². The highest BCUT2D eigenvalue weighted by molar-refractivity contribution is 5.32. The Balaban J connectivity index is 1.93. The standard InChI is InChI=1S/C16H21FO/c1-18-13-8-9-14(15(17)10-13)16-11-4-2-5-12(16)7-3-6-11/h8-12,16H,2-7H2,1H3. The first-order valence-corrected chi connectivity index (χ1v) is 7.13. The Hall–Kier alpha value is -1.05. The van der Waals surface area contributed by atoms with Crippen molar-refractivity contribution in [3.63, 3.8) is 0 Å². The molecule has 3 rings (SSSR count). The van der Waals surface area contributed by atoms with E-state index in [-0.39, 0.29) is 5.82 Å². The minimum Gasteiger partial charge on any atom is -0.497 e. The Bertz CT molecular complexity index is 407. The summed E-state index contributed by atoms with van der Waals surface area (Å²) in [6, 6.07) is 5.40. The SMILES string of the molecule is COc1ccc(C2C3CCCC2CCC3)c(F)c1. The second-order valence-electron chi connectivity index (χ2n) is 5.80. The molecule has 98 valence electrons. The molecule has 0 radical (unpaired) electrons. The zero-order chi connectivity index (χ0) is 12.5. The molecule has 2 bridgehead atoms. The minimum atomic E-state index is -0.0712. The van der Waals surface area contributed by atoms with Gasteiger partial charge < -0.3 is 4.74 Å². The van der Waals surface area contributed by atoms with E-state index in [0.717, 1.165) is 5.56 Å². The predicted octanol–water partition coefficient (Wildman–Crippen LogP) is 4.52. The number of methoxy groups -OCH3 is 1. The summed E-state index contributed by atoms with van der Waals surface area (Å²) in [5.74, 6) is 2.43. The van der Waals surface area contributed by atoms with Gasteiger partial charge in [-0.25, -0.2) is 4.39 Å². The fraction of sp³-hybridized carbons (Fsp3) is 0.625. The molecule has 1 aromatic carbocycles. The molecule has 0 aliphatic heterocycles. The van der Waals surface area contributed by atoms with Gasteiger partial charge in [-0.2, -0.15) is 0 Å². The maximum absolute atomic E-state index is 14.2. The highest BCUT2D eigenvalue weighted by Crippen LogP contribution is 2.50. The molecule has 0 saturated heterocycles. The fourth-order valence-electron chi connectivity index (χ4n) is 4.09.